The van der Waals surface area contributed by atoms with Crippen LogP contribution in [0.15, 0.2) is 35.5 Å². The van der Waals surface area contributed by atoms with Gasteiger partial charge < -0.3 is 15.7 Å². The summed E-state index contributed by atoms with van der Waals surface area (Å²) in [5.74, 6) is -1.04. The molecular formula is C13H14N2O3. The average molecular weight is 246 g/mol. The van der Waals surface area contributed by atoms with Gasteiger partial charge in [-0.2, -0.15) is 0 Å². The van der Waals surface area contributed by atoms with Gasteiger partial charge in [0.1, 0.15) is 0 Å². The zero-order valence-electron chi connectivity index (χ0n) is 10.2. The van der Waals surface area contributed by atoms with Crippen LogP contribution in [0.25, 0.3) is 0 Å². The van der Waals surface area contributed by atoms with Gasteiger partial charge in [-0.25, -0.2) is 9.59 Å². The normalized spacial score (nSPS) is 19.2. The third kappa shape index (κ3) is 2.20. The third-order valence-corrected chi connectivity index (χ3v) is 2.91. The van der Waals surface area contributed by atoms with Crippen molar-refractivity contribution in [2.45, 2.75) is 19.9 Å². The number of carbonyl (C=O) groups excluding carboxylic acids is 1. The fourth-order valence-corrected chi connectivity index (χ4v) is 1.99. The number of carboxylic acid groups (broad SMARTS) is 1. The largest absolute Gasteiger partial charge is 0.478 e. The summed E-state index contributed by atoms with van der Waals surface area (Å²) in [5, 5.41) is 14.3. The molecule has 1 atom stereocenters. The van der Waals surface area contributed by atoms with Gasteiger partial charge in [-0.3, -0.25) is 0 Å². The van der Waals surface area contributed by atoms with Gasteiger partial charge in [-0.05, 0) is 19.4 Å². The van der Waals surface area contributed by atoms with Gasteiger partial charge in [0.2, 0.25) is 0 Å². The van der Waals surface area contributed by atoms with Gasteiger partial charge in [-0.15, -0.1) is 0 Å². The first-order valence-electron chi connectivity index (χ1n) is 5.57. The summed E-state index contributed by atoms with van der Waals surface area (Å²) in [6, 6.07) is 6.42. The van der Waals surface area contributed by atoms with Gasteiger partial charge in [0.25, 0.3) is 0 Å². The van der Waals surface area contributed by atoms with E-state index in [1.54, 1.807) is 6.92 Å². The Bertz CT molecular complexity index is 532. The maximum Gasteiger partial charge on any atom is 0.335 e. The molecule has 0 aromatic heterocycles. The minimum absolute atomic E-state index is 0.165. The molecule has 1 aromatic carbocycles. The lowest BCUT2D eigenvalue weighted by molar-refractivity contribution is -0.133. The van der Waals surface area contributed by atoms with Crippen LogP contribution in [-0.4, -0.2) is 17.1 Å². The van der Waals surface area contributed by atoms with E-state index in [2.05, 4.69) is 10.6 Å². The molecule has 0 spiro atoms. The van der Waals surface area contributed by atoms with E-state index in [0.717, 1.165) is 11.1 Å². The van der Waals surface area contributed by atoms with Crippen molar-refractivity contribution in [3.05, 3.63) is 46.7 Å². The first-order chi connectivity index (χ1) is 8.49. The Balaban J connectivity index is 2.46. The SMILES string of the molecule is CC1=C(C(=O)O)C(c2ccc(C)cc2)NC(=O)N1. The van der Waals surface area contributed by atoms with Crippen LogP contribution in [0.4, 0.5) is 4.79 Å². The molecule has 1 aromatic rings. The Morgan fingerprint density at radius 1 is 1.22 bits per heavy atom. The van der Waals surface area contributed by atoms with E-state index in [-0.39, 0.29) is 11.6 Å². The molecule has 0 saturated carbocycles. The van der Waals surface area contributed by atoms with Gasteiger partial charge in [-0.1, -0.05) is 29.8 Å². The number of aryl methyl sites for hydroxylation is 1. The number of benzene rings is 1. The van der Waals surface area contributed by atoms with E-state index < -0.39 is 12.0 Å². The predicted molar refractivity (Wildman–Crippen MR) is 65.9 cm³/mol. The second kappa shape index (κ2) is 4.52. The Kier molecular flexibility index (Phi) is 3.06. The third-order valence-electron chi connectivity index (χ3n) is 2.91. The molecule has 0 saturated heterocycles. The molecule has 2 rings (SSSR count). The molecule has 0 fully saturated rings. The van der Waals surface area contributed by atoms with E-state index in [9.17, 15) is 14.7 Å². The monoisotopic (exact) mass is 246 g/mol. The molecule has 1 aliphatic rings. The average Bonchev–Trinajstić information content (AvgIpc) is 2.28. The second-order valence-corrected chi connectivity index (χ2v) is 4.29. The van der Waals surface area contributed by atoms with Crippen LogP contribution < -0.4 is 10.6 Å². The molecule has 1 heterocycles. The van der Waals surface area contributed by atoms with Crippen molar-refractivity contribution in [1.82, 2.24) is 10.6 Å². The maximum atomic E-state index is 11.4. The summed E-state index contributed by atoms with van der Waals surface area (Å²) in [7, 11) is 0. The second-order valence-electron chi connectivity index (χ2n) is 4.29. The summed E-state index contributed by atoms with van der Waals surface area (Å²) in [6.07, 6.45) is 0. The summed E-state index contributed by atoms with van der Waals surface area (Å²) in [4.78, 5) is 22.7. The number of allylic oxidation sites excluding steroid dienone is 1. The molecule has 5 heteroatoms. The van der Waals surface area contributed by atoms with Crippen molar-refractivity contribution in [2.24, 2.45) is 0 Å². The highest BCUT2D eigenvalue weighted by Gasteiger charge is 2.30. The number of hydrogen-bond donors (Lipinski definition) is 3. The van der Waals surface area contributed by atoms with Crippen molar-refractivity contribution < 1.29 is 14.7 Å². The highest BCUT2D eigenvalue weighted by Crippen LogP contribution is 2.26. The van der Waals surface area contributed by atoms with Crippen LogP contribution in [-0.2, 0) is 4.79 Å². The molecule has 18 heavy (non-hydrogen) atoms. The first kappa shape index (κ1) is 12.2. The number of carboxylic acids is 1. The molecule has 2 amide bonds. The first-order valence-corrected chi connectivity index (χ1v) is 5.57. The fourth-order valence-electron chi connectivity index (χ4n) is 1.99. The molecule has 5 nitrogen and oxygen atoms in total. The number of nitrogens with one attached hydrogen (secondary N) is 2. The molecular weight excluding hydrogens is 232 g/mol. The number of aliphatic carboxylic acids is 1. The maximum absolute atomic E-state index is 11.4. The Morgan fingerprint density at radius 3 is 2.39 bits per heavy atom. The lowest BCUT2D eigenvalue weighted by atomic mass is 9.95. The zero-order chi connectivity index (χ0) is 13.3. The molecule has 3 N–H and O–H groups in total. The lowest BCUT2D eigenvalue weighted by Gasteiger charge is -2.27. The minimum atomic E-state index is -1.04. The van der Waals surface area contributed by atoms with Crippen LogP contribution in [0.1, 0.15) is 24.1 Å². The van der Waals surface area contributed by atoms with Crippen molar-refractivity contribution in [2.75, 3.05) is 0 Å². The summed E-state index contributed by atoms with van der Waals surface area (Å²) in [5.41, 5.74) is 2.37. The van der Waals surface area contributed by atoms with E-state index in [1.807, 2.05) is 31.2 Å². The number of hydrogen-bond acceptors (Lipinski definition) is 2. The molecule has 1 unspecified atom stereocenters. The van der Waals surface area contributed by atoms with Crippen LogP contribution in [0, 0.1) is 6.92 Å². The molecule has 0 radical (unpaired) electrons. The highest BCUT2D eigenvalue weighted by atomic mass is 16.4. The fraction of sp³-hybridized carbons (Fsp3) is 0.231. The summed E-state index contributed by atoms with van der Waals surface area (Å²) in [6.45, 7) is 3.54. The predicted octanol–water partition coefficient (Wildman–Crippen LogP) is 1.71. The molecule has 0 aliphatic carbocycles. The van der Waals surface area contributed by atoms with Gasteiger partial charge in [0.15, 0.2) is 0 Å². The minimum Gasteiger partial charge on any atom is -0.478 e. The van der Waals surface area contributed by atoms with Crippen molar-refractivity contribution >= 4 is 12.0 Å². The van der Waals surface area contributed by atoms with Crippen molar-refractivity contribution in [3.8, 4) is 0 Å². The topological polar surface area (TPSA) is 78.4 Å². The van der Waals surface area contributed by atoms with E-state index in [4.69, 9.17) is 0 Å². The summed E-state index contributed by atoms with van der Waals surface area (Å²) < 4.78 is 0. The molecule has 0 bridgehead atoms. The van der Waals surface area contributed by atoms with Crippen LogP contribution in [0.3, 0.4) is 0 Å². The Hall–Kier alpha value is -2.30. The van der Waals surface area contributed by atoms with Crippen LogP contribution >= 0.6 is 0 Å². The van der Waals surface area contributed by atoms with Gasteiger partial charge in [0.05, 0.1) is 11.6 Å². The Labute approximate surface area is 105 Å². The summed E-state index contributed by atoms with van der Waals surface area (Å²) >= 11 is 0. The van der Waals surface area contributed by atoms with E-state index in [0.29, 0.717) is 5.70 Å². The zero-order valence-corrected chi connectivity index (χ0v) is 10.2. The number of rotatable bonds is 2. The quantitative estimate of drug-likeness (QED) is 0.743. The number of carbonyl (C=O) groups is 2. The standard InChI is InChI=1S/C13H14N2O3/c1-7-3-5-9(6-4-7)11-10(12(16)17)8(2)14-13(18)15-11/h3-6,11H,1-2H3,(H,16,17)(H2,14,15,18). The lowest BCUT2D eigenvalue weighted by Crippen LogP contribution is -2.45. The van der Waals surface area contributed by atoms with E-state index in [1.165, 1.54) is 0 Å². The van der Waals surface area contributed by atoms with Gasteiger partial charge in [0, 0.05) is 5.70 Å². The Morgan fingerprint density at radius 2 is 1.83 bits per heavy atom. The van der Waals surface area contributed by atoms with Gasteiger partial charge >= 0.3 is 12.0 Å². The van der Waals surface area contributed by atoms with Crippen LogP contribution in [0.5, 0.6) is 0 Å². The molecule has 94 valence electrons. The van der Waals surface area contributed by atoms with Crippen LogP contribution in [0.2, 0.25) is 0 Å². The highest BCUT2D eigenvalue weighted by molar-refractivity contribution is 5.93. The number of urea groups is 1. The van der Waals surface area contributed by atoms with Crippen molar-refractivity contribution in [3.63, 3.8) is 0 Å². The van der Waals surface area contributed by atoms with E-state index >= 15 is 0 Å². The molecule has 1 aliphatic heterocycles. The number of amides is 2. The smallest absolute Gasteiger partial charge is 0.335 e. The van der Waals surface area contributed by atoms with Crippen molar-refractivity contribution in [1.29, 1.82) is 0 Å².